The second-order valence-electron chi connectivity index (χ2n) is 7.88. The number of nitrogens with one attached hydrogen (secondary N) is 1. The van der Waals surface area contributed by atoms with Crippen molar-refractivity contribution in [3.8, 4) is 0 Å². The summed E-state index contributed by atoms with van der Waals surface area (Å²) in [6, 6.07) is 22.3. The van der Waals surface area contributed by atoms with Gasteiger partial charge in [0, 0.05) is 29.1 Å². The average Bonchev–Trinajstić information content (AvgIpc) is 2.78. The maximum Gasteiger partial charge on any atom is 0.338 e. The third kappa shape index (κ3) is 3.81. The van der Waals surface area contributed by atoms with Gasteiger partial charge in [-0.15, -0.1) is 0 Å². The van der Waals surface area contributed by atoms with Gasteiger partial charge in [-0.05, 0) is 66.5 Å². The molecule has 0 spiro atoms. The molecule has 1 fully saturated rings. The van der Waals surface area contributed by atoms with Crippen LogP contribution in [0, 0.1) is 0 Å². The van der Waals surface area contributed by atoms with Crippen LogP contribution in [-0.4, -0.2) is 19.1 Å². The van der Waals surface area contributed by atoms with Crippen LogP contribution in [0.1, 0.15) is 18.4 Å². The quantitative estimate of drug-likeness (QED) is 0.453. The third-order valence-electron chi connectivity index (χ3n) is 5.91. The van der Waals surface area contributed by atoms with E-state index in [1.54, 1.807) is 18.2 Å². The van der Waals surface area contributed by atoms with Gasteiger partial charge in [-0.25, -0.2) is 4.79 Å². The molecule has 0 saturated carbocycles. The van der Waals surface area contributed by atoms with Gasteiger partial charge in [-0.3, -0.25) is 0 Å². The molecule has 4 aromatic rings. The van der Waals surface area contributed by atoms with Crippen molar-refractivity contribution in [3.63, 3.8) is 0 Å². The number of anilines is 1. The molecule has 1 aromatic heterocycles. The summed E-state index contributed by atoms with van der Waals surface area (Å²) in [5, 5.41) is 7.40. The fourth-order valence-corrected chi connectivity index (χ4v) is 4.59. The fourth-order valence-electron chi connectivity index (χ4n) is 4.42. The average molecular weight is 419 g/mol. The summed E-state index contributed by atoms with van der Waals surface area (Å²) in [5.74, 6) is 0. The molecule has 0 bridgehead atoms. The van der Waals surface area contributed by atoms with Crippen molar-refractivity contribution in [2.24, 2.45) is 0 Å². The van der Waals surface area contributed by atoms with E-state index in [0.717, 1.165) is 43.5 Å². The van der Waals surface area contributed by atoms with Crippen LogP contribution >= 0.6 is 11.6 Å². The highest BCUT2D eigenvalue weighted by Crippen LogP contribution is 2.32. The molecular formula is C25H23ClN2O2. The van der Waals surface area contributed by atoms with Crippen molar-refractivity contribution in [2.75, 3.05) is 18.0 Å². The minimum absolute atomic E-state index is 0.335. The lowest BCUT2D eigenvalue weighted by Gasteiger charge is -2.37. The number of piperidine rings is 1. The number of hydrogen-bond donors (Lipinski definition) is 1. The smallest absolute Gasteiger partial charge is 0.338 e. The van der Waals surface area contributed by atoms with E-state index in [4.69, 9.17) is 16.0 Å². The molecule has 5 rings (SSSR count). The van der Waals surface area contributed by atoms with Crippen LogP contribution < -0.4 is 15.8 Å². The monoisotopic (exact) mass is 418 g/mol. The molecular weight excluding hydrogens is 396 g/mol. The summed E-state index contributed by atoms with van der Waals surface area (Å²) in [5.41, 5.74) is 2.34. The Morgan fingerprint density at radius 1 is 0.967 bits per heavy atom. The predicted molar refractivity (Wildman–Crippen MR) is 124 cm³/mol. The molecule has 0 unspecified atom stereocenters. The lowest BCUT2D eigenvalue weighted by atomic mass is 10.0. The van der Waals surface area contributed by atoms with Gasteiger partial charge in [0.25, 0.3) is 0 Å². The van der Waals surface area contributed by atoms with Gasteiger partial charge in [-0.1, -0.05) is 48.0 Å². The van der Waals surface area contributed by atoms with Gasteiger partial charge < -0.3 is 14.6 Å². The number of rotatable bonds is 4. The van der Waals surface area contributed by atoms with Crippen molar-refractivity contribution < 1.29 is 4.42 Å². The molecule has 4 nitrogen and oxygen atoms in total. The Hall–Kier alpha value is -2.82. The first-order chi connectivity index (χ1) is 14.7. The highest BCUT2D eigenvalue weighted by atomic mass is 35.5. The highest BCUT2D eigenvalue weighted by molar-refractivity contribution is 6.31. The minimum Gasteiger partial charge on any atom is -0.423 e. The Balaban J connectivity index is 1.62. The largest absolute Gasteiger partial charge is 0.423 e. The van der Waals surface area contributed by atoms with Gasteiger partial charge >= 0.3 is 5.63 Å². The predicted octanol–water partition coefficient (Wildman–Crippen LogP) is 5.36. The number of fused-ring (bicyclic) bond motifs is 2. The SMILES string of the molecule is O=c1cc(N(Cc2ccc3ccccc3c2)C2CCNCC2)c2cc(Cl)ccc2o1. The zero-order chi connectivity index (χ0) is 20.5. The van der Waals surface area contributed by atoms with Gasteiger partial charge in [-0.2, -0.15) is 0 Å². The highest BCUT2D eigenvalue weighted by Gasteiger charge is 2.24. The fraction of sp³-hybridized carbons (Fsp3) is 0.240. The van der Waals surface area contributed by atoms with E-state index in [2.05, 4.69) is 52.7 Å². The van der Waals surface area contributed by atoms with Crippen molar-refractivity contribution in [1.29, 1.82) is 0 Å². The topological polar surface area (TPSA) is 45.5 Å². The number of halogens is 1. The lowest BCUT2D eigenvalue weighted by Crippen LogP contribution is -2.43. The molecule has 1 aliphatic heterocycles. The van der Waals surface area contributed by atoms with Crippen LogP contribution in [0.2, 0.25) is 5.02 Å². The van der Waals surface area contributed by atoms with Crippen LogP contribution in [-0.2, 0) is 6.54 Å². The van der Waals surface area contributed by atoms with E-state index in [1.165, 1.54) is 16.3 Å². The molecule has 2 heterocycles. The summed E-state index contributed by atoms with van der Waals surface area (Å²) >= 11 is 6.30. The normalized spacial score (nSPS) is 15.0. The first-order valence-electron chi connectivity index (χ1n) is 10.4. The van der Waals surface area contributed by atoms with Crippen LogP contribution in [0.5, 0.6) is 0 Å². The summed E-state index contributed by atoms with van der Waals surface area (Å²) in [6.45, 7) is 2.67. The van der Waals surface area contributed by atoms with E-state index < -0.39 is 0 Å². The summed E-state index contributed by atoms with van der Waals surface area (Å²) in [7, 11) is 0. The molecule has 152 valence electrons. The van der Waals surface area contributed by atoms with Crippen LogP contribution in [0.15, 0.2) is 75.9 Å². The Labute approximate surface area is 180 Å². The van der Waals surface area contributed by atoms with E-state index in [-0.39, 0.29) is 5.63 Å². The zero-order valence-electron chi connectivity index (χ0n) is 16.6. The molecule has 0 aliphatic carbocycles. The number of nitrogens with zero attached hydrogens (tertiary/aromatic N) is 1. The minimum atomic E-state index is -0.336. The molecule has 0 radical (unpaired) electrons. The second kappa shape index (κ2) is 8.13. The van der Waals surface area contributed by atoms with E-state index in [1.807, 2.05) is 6.07 Å². The molecule has 1 aliphatic rings. The molecule has 0 atom stereocenters. The van der Waals surface area contributed by atoms with E-state index in [0.29, 0.717) is 16.6 Å². The van der Waals surface area contributed by atoms with E-state index >= 15 is 0 Å². The maximum atomic E-state index is 12.4. The number of benzene rings is 3. The van der Waals surface area contributed by atoms with Gasteiger partial charge in [0.05, 0.1) is 5.69 Å². The molecule has 5 heteroatoms. The molecule has 1 saturated heterocycles. The molecule has 30 heavy (non-hydrogen) atoms. The zero-order valence-corrected chi connectivity index (χ0v) is 17.4. The summed E-state index contributed by atoms with van der Waals surface area (Å²) in [6.07, 6.45) is 2.05. The van der Waals surface area contributed by atoms with Crippen molar-refractivity contribution >= 4 is 39.0 Å². The Morgan fingerprint density at radius 3 is 2.60 bits per heavy atom. The molecule has 0 amide bonds. The lowest BCUT2D eigenvalue weighted by molar-refractivity contribution is 0.428. The second-order valence-corrected chi connectivity index (χ2v) is 8.32. The van der Waals surface area contributed by atoms with Gasteiger partial charge in [0.15, 0.2) is 0 Å². The molecule has 3 aromatic carbocycles. The van der Waals surface area contributed by atoms with Crippen LogP contribution in [0.4, 0.5) is 5.69 Å². The van der Waals surface area contributed by atoms with Gasteiger partial charge in [0.2, 0.25) is 0 Å². The van der Waals surface area contributed by atoms with Gasteiger partial charge in [0.1, 0.15) is 5.58 Å². The molecule has 1 N–H and O–H groups in total. The third-order valence-corrected chi connectivity index (χ3v) is 6.14. The van der Waals surface area contributed by atoms with Crippen LogP contribution in [0.3, 0.4) is 0 Å². The summed E-state index contributed by atoms with van der Waals surface area (Å²) < 4.78 is 5.45. The number of hydrogen-bond acceptors (Lipinski definition) is 4. The Bertz CT molecular complexity index is 1260. The van der Waals surface area contributed by atoms with E-state index in [9.17, 15) is 4.79 Å². The van der Waals surface area contributed by atoms with Crippen molar-refractivity contribution in [2.45, 2.75) is 25.4 Å². The van der Waals surface area contributed by atoms with Crippen molar-refractivity contribution in [1.82, 2.24) is 5.32 Å². The summed E-state index contributed by atoms with van der Waals surface area (Å²) in [4.78, 5) is 14.7. The Kier molecular flexibility index (Phi) is 5.19. The Morgan fingerprint density at radius 2 is 1.77 bits per heavy atom. The maximum absolute atomic E-state index is 12.4. The standard InChI is InChI=1S/C25H23ClN2O2/c26-20-7-8-24-22(14-20)23(15-25(29)30-24)28(21-9-11-27-12-10-21)16-17-5-6-18-3-1-2-4-19(18)13-17/h1-8,13-15,21,27H,9-12,16H2. The van der Waals surface area contributed by atoms with Crippen molar-refractivity contribution in [3.05, 3.63) is 87.7 Å². The van der Waals surface area contributed by atoms with Crippen LogP contribution in [0.25, 0.3) is 21.7 Å². The first-order valence-corrected chi connectivity index (χ1v) is 10.7. The first kappa shape index (κ1) is 19.2.